The molecule has 4 heteroatoms. The largest absolute Gasteiger partial charge is 0.497 e. The molecule has 1 atom stereocenters. The van der Waals surface area contributed by atoms with Gasteiger partial charge in [-0.15, -0.1) is 0 Å². The zero-order chi connectivity index (χ0) is 16.7. The van der Waals surface area contributed by atoms with Crippen molar-refractivity contribution >= 4 is 11.6 Å². The number of benzene rings is 2. The Morgan fingerprint density at radius 1 is 1.13 bits per heavy atom. The van der Waals surface area contributed by atoms with E-state index in [2.05, 4.69) is 12.2 Å². The van der Waals surface area contributed by atoms with Crippen molar-refractivity contribution in [2.24, 2.45) is 0 Å². The SMILES string of the molecule is CCC(C)Oc1cccc(NC(=O)Cc2ccc(OC)cc2)c1. The van der Waals surface area contributed by atoms with Gasteiger partial charge in [-0.05, 0) is 43.2 Å². The Morgan fingerprint density at radius 3 is 2.52 bits per heavy atom. The molecule has 2 rings (SSSR count). The van der Waals surface area contributed by atoms with Crippen molar-refractivity contribution in [1.82, 2.24) is 0 Å². The van der Waals surface area contributed by atoms with E-state index in [4.69, 9.17) is 9.47 Å². The molecule has 1 N–H and O–H groups in total. The van der Waals surface area contributed by atoms with Crippen molar-refractivity contribution in [1.29, 1.82) is 0 Å². The molecule has 4 nitrogen and oxygen atoms in total. The number of amides is 1. The molecule has 0 aromatic heterocycles. The highest BCUT2D eigenvalue weighted by molar-refractivity contribution is 5.92. The molecule has 1 unspecified atom stereocenters. The zero-order valence-corrected chi connectivity index (χ0v) is 13.8. The second kappa shape index (κ2) is 8.22. The Balaban J connectivity index is 1.95. The van der Waals surface area contributed by atoms with Crippen LogP contribution in [-0.2, 0) is 11.2 Å². The molecular weight excluding hydrogens is 290 g/mol. The number of anilines is 1. The Kier molecular flexibility index (Phi) is 6.03. The summed E-state index contributed by atoms with van der Waals surface area (Å²) in [6.45, 7) is 4.10. The van der Waals surface area contributed by atoms with Gasteiger partial charge in [-0.3, -0.25) is 4.79 Å². The number of methoxy groups -OCH3 is 1. The summed E-state index contributed by atoms with van der Waals surface area (Å²) in [6, 6.07) is 15.0. The summed E-state index contributed by atoms with van der Waals surface area (Å²) in [5.74, 6) is 1.49. The number of carbonyl (C=O) groups excluding carboxylic acids is 1. The van der Waals surface area contributed by atoms with E-state index in [1.807, 2.05) is 55.5 Å². The van der Waals surface area contributed by atoms with E-state index in [9.17, 15) is 4.79 Å². The molecule has 0 aliphatic carbocycles. The first-order chi connectivity index (χ1) is 11.1. The van der Waals surface area contributed by atoms with Crippen LogP contribution in [0.25, 0.3) is 0 Å². The van der Waals surface area contributed by atoms with Crippen molar-refractivity contribution in [3.05, 3.63) is 54.1 Å². The molecule has 0 aliphatic heterocycles. The van der Waals surface area contributed by atoms with Crippen LogP contribution in [0.4, 0.5) is 5.69 Å². The second-order valence-electron chi connectivity index (χ2n) is 5.44. The van der Waals surface area contributed by atoms with Crippen LogP contribution >= 0.6 is 0 Å². The fourth-order valence-corrected chi connectivity index (χ4v) is 2.10. The van der Waals surface area contributed by atoms with E-state index in [1.165, 1.54) is 0 Å². The van der Waals surface area contributed by atoms with Crippen LogP contribution in [0.5, 0.6) is 11.5 Å². The lowest BCUT2D eigenvalue weighted by Gasteiger charge is -2.13. The number of hydrogen-bond donors (Lipinski definition) is 1. The predicted molar refractivity (Wildman–Crippen MR) is 92.2 cm³/mol. The van der Waals surface area contributed by atoms with Crippen LogP contribution in [0, 0.1) is 0 Å². The highest BCUT2D eigenvalue weighted by Crippen LogP contribution is 2.19. The lowest BCUT2D eigenvalue weighted by Crippen LogP contribution is -2.15. The minimum absolute atomic E-state index is 0.0594. The lowest BCUT2D eigenvalue weighted by molar-refractivity contribution is -0.115. The van der Waals surface area contributed by atoms with Crippen molar-refractivity contribution in [2.45, 2.75) is 32.8 Å². The molecule has 0 bridgehead atoms. The Hall–Kier alpha value is -2.49. The molecule has 0 fully saturated rings. The fourth-order valence-electron chi connectivity index (χ4n) is 2.10. The van der Waals surface area contributed by atoms with E-state index < -0.39 is 0 Å². The van der Waals surface area contributed by atoms with Crippen molar-refractivity contribution in [2.75, 3.05) is 12.4 Å². The quantitative estimate of drug-likeness (QED) is 0.838. The molecular formula is C19H23NO3. The third kappa shape index (κ3) is 5.33. The van der Waals surface area contributed by atoms with Crippen LogP contribution in [0.15, 0.2) is 48.5 Å². The average Bonchev–Trinajstić information content (AvgIpc) is 2.55. The predicted octanol–water partition coefficient (Wildman–Crippen LogP) is 4.05. The Labute approximate surface area is 137 Å². The van der Waals surface area contributed by atoms with E-state index in [0.717, 1.165) is 29.2 Å². The molecule has 122 valence electrons. The fraction of sp³-hybridized carbons (Fsp3) is 0.316. The molecule has 0 spiro atoms. The molecule has 2 aromatic carbocycles. The second-order valence-corrected chi connectivity index (χ2v) is 5.44. The average molecular weight is 313 g/mol. The summed E-state index contributed by atoms with van der Waals surface area (Å²) in [5.41, 5.74) is 1.68. The molecule has 0 heterocycles. The van der Waals surface area contributed by atoms with Crippen molar-refractivity contribution in [3.63, 3.8) is 0 Å². The molecule has 0 saturated heterocycles. The minimum Gasteiger partial charge on any atom is -0.497 e. The Bertz CT molecular complexity index is 637. The molecule has 0 aliphatic rings. The van der Waals surface area contributed by atoms with Gasteiger partial charge >= 0.3 is 0 Å². The number of carbonyl (C=O) groups is 1. The summed E-state index contributed by atoms with van der Waals surface area (Å²) in [6.07, 6.45) is 1.41. The molecule has 0 saturated carbocycles. The maximum absolute atomic E-state index is 12.1. The molecule has 1 amide bonds. The zero-order valence-electron chi connectivity index (χ0n) is 13.8. The third-order valence-electron chi connectivity index (χ3n) is 3.55. The molecule has 0 radical (unpaired) electrons. The van der Waals surface area contributed by atoms with Gasteiger partial charge in [0.25, 0.3) is 0 Å². The van der Waals surface area contributed by atoms with Crippen LogP contribution in [0.2, 0.25) is 0 Å². The van der Waals surface area contributed by atoms with Crippen LogP contribution in [-0.4, -0.2) is 19.1 Å². The van der Waals surface area contributed by atoms with E-state index >= 15 is 0 Å². The van der Waals surface area contributed by atoms with Gasteiger partial charge in [-0.2, -0.15) is 0 Å². The summed E-state index contributed by atoms with van der Waals surface area (Å²) in [5, 5.41) is 2.90. The first-order valence-corrected chi connectivity index (χ1v) is 7.80. The highest BCUT2D eigenvalue weighted by Gasteiger charge is 2.06. The standard InChI is InChI=1S/C19H23NO3/c1-4-14(2)23-18-7-5-6-16(13-18)20-19(21)12-15-8-10-17(22-3)11-9-15/h5-11,13-14H,4,12H2,1-3H3,(H,20,21). The minimum atomic E-state index is -0.0594. The van der Waals surface area contributed by atoms with Gasteiger partial charge in [0.1, 0.15) is 11.5 Å². The van der Waals surface area contributed by atoms with Gasteiger partial charge in [0.2, 0.25) is 5.91 Å². The van der Waals surface area contributed by atoms with Crippen LogP contribution in [0.3, 0.4) is 0 Å². The van der Waals surface area contributed by atoms with Gasteiger partial charge in [-0.25, -0.2) is 0 Å². The van der Waals surface area contributed by atoms with Gasteiger partial charge < -0.3 is 14.8 Å². The van der Waals surface area contributed by atoms with E-state index in [1.54, 1.807) is 7.11 Å². The highest BCUT2D eigenvalue weighted by atomic mass is 16.5. The summed E-state index contributed by atoms with van der Waals surface area (Å²) < 4.78 is 10.9. The normalized spacial score (nSPS) is 11.6. The first kappa shape index (κ1) is 16.9. The number of rotatable bonds is 7. The monoisotopic (exact) mass is 313 g/mol. The number of hydrogen-bond acceptors (Lipinski definition) is 3. The van der Waals surface area contributed by atoms with Crippen molar-refractivity contribution < 1.29 is 14.3 Å². The summed E-state index contributed by atoms with van der Waals surface area (Å²) in [7, 11) is 1.62. The maximum Gasteiger partial charge on any atom is 0.228 e. The van der Waals surface area contributed by atoms with E-state index in [0.29, 0.717) is 6.42 Å². The Morgan fingerprint density at radius 2 is 1.87 bits per heavy atom. The number of ether oxygens (including phenoxy) is 2. The smallest absolute Gasteiger partial charge is 0.228 e. The van der Waals surface area contributed by atoms with Crippen LogP contribution in [0.1, 0.15) is 25.8 Å². The maximum atomic E-state index is 12.1. The molecule has 2 aromatic rings. The third-order valence-corrected chi connectivity index (χ3v) is 3.55. The van der Waals surface area contributed by atoms with E-state index in [-0.39, 0.29) is 12.0 Å². The summed E-state index contributed by atoms with van der Waals surface area (Å²) in [4.78, 5) is 12.1. The van der Waals surface area contributed by atoms with Crippen LogP contribution < -0.4 is 14.8 Å². The van der Waals surface area contributed by atoms with Gasteiger partial charge in [0.15, 0.2) is 0 Å². The first-order valence-electron chi connectivity index (χ1n) is 7.80. The molecule has 23 heavy (non-hydrogen) atoms. The summed E-state index contributed by atoms with van der Waals surface area (Å²) >= 11 is 0. The number of nitrogens with one attached hydrogen (secondary N) is 1. The van der Waals surface area contributed by atoms with Crippen molar-refractivity contribution in [3.8, 4) is 11.5 Å². The lowest BCUT2D eigenvalue weighted by atomic mass is 10.1. The van der Waals surface area contributed by atoms with Gasteiger partial charge in [0, 0.05) is 11.8 Å². The van der Waals surface area contributed by atoms with Gasteiger partial charge in [0.05, 0.1) is 19.6 Å². The topological polar surface area (TPSA) is 47.6 Å². The van der Waals surface area contributed by atoms with Gasteiger partial charge in [-0.1, -0.05) is 25.1 Å².